The first kappa shape index (κ1) is 14.4. The Morgan fingerprint density at radius 2 is 2.00 bits per heavy atom. The molecule has 0 aliphatic carbocycles. The molecule has 0 aliphatic heterocycles. The molecule has 2 rings (SSSR count). The molecule has 0 unspecified atom stereocenters. The van der Waals surface area contributed by atoms with Crippen LogP contribution in [0.4, 0.5) is 17.5 Å². The Balaban J connectivity index is 1.99. The van der Waals surface area contributed by atoms with Crippen LogP contribution in [0.5, 0.6) is 5.75 Å². The van der Waals surface area contributed by atoms with Crippen molar-refractivity contribution in [3.8, 4) is 5.75 Å². The second-order valence-corrected chi connectivity index (χ2v) is 4.67. The third-order valence-corrected chi connectivity index (χ3v) is 2.80. The zero-order valence-corrected chi connectivity index (χ0v) is 12.0. The summed E-state index contributed by atoms with van der Waals surface area (Å²) in [5.41, 5.74) is 6.42. The van der Waals surface area contributed by atoms with E-state index in [1.54, 1.807) is 6.07 Å². The van der Waals surface area contributed by atoms with Crippen LogP contribution in [0.25, 0.3) is 0 Å². The van der Waals surface area contributed by atoms with E-state index in [-0.39, 0.29) is 5.95 Å². The molecule has 0 saturated carbocycles. The van der Waals surface area contributed by atoms with E-state index in [0.717, 1.165) is 30.9 Å². The lowest BCUT2D eigenvalue weighted by Gasteiger charge is -2.08. The molecule has 20 heavy (non-hydrogen) atoms. The fourth-order valence-corrected chi connectivity index (χ4v) is 1.81. The molecule has 0 radical (unpaired) electrons. The zero-order valence-electron chi connectivity index (χ0n) is 11.3. The van der Waals surface area contributed by atoms with Gasteiger partial charge in [0.05, 0.1) is 6.61 Å². The van der Waals surface area contributed by atoms with Crippen molar-refractivity contribution in [3.05, 3.63) is 35.5 Å². The third kappa shape index (κ3) is 4.28. The van der Waals surface area contributed by atoms with Gasteiger partial charge in [0.2, 0.25) is 5.95 Å². The number of aromatic nitrogens is 2. The first-order valence-corrected chi connectivity index (χ1v) is 6.85. The van der Waals surface area contributed by atoms with Gasteiger partial charge >= 0.3 is 0 Å². The summed E-state index contributed by atoms with van der Waals surface area (Å²) in [4.78, 5) is 7.86. The maximum Gasteiger partial charge on any atom is 0.223 e. The normalized spacial score (nSPS) is 10.3. The van der Waals surface area contributed by atoms with Gasteiger partial charge in [0.1, 0.15) is 16.7 Å². The molecule has 5 nitrogen and oxygen atoms in total. The van der Waals surface area contributed by atoms with Crippen LogP contribution >= 0.6 is 11.6 Å². The van der Waals surface area contributed by atoms with Gasteiger partial charge in [-0.15, -0.1) is 0 Å². The van der Waals surface area contributed by atoms with E-state index in [0.29, 0.717) is 11.0 Å². The Kier molecular flexibility index (Phi) is 5.01. The number of nitrogen functional groups attached to an aromatic ring is 1. The lowest BCUT2D eigenvalue weighted by Crippen LogP contribution is -2.00. The molecule has 0 atom stereocenters. The van der Waals surface area contributed by atoms with Crippen molar-refractivity contribution < 1.29 is 4.74 Å². The Bertz CT molecular complexity index is 539. The van der Waals surface area contributed by atoms with Crippen LogP contribution in [0.3, 0.4) is 0 Å². The molecule has 106 valence electrons. The van der Waals surface area contributed by atoms with E-state index in [4.69, 9.17) is 22.1 Å². The first-order valence-electron chi connectivity index (χ1n) is 6.47. The summed E-state index contributed by atoms with van der Waals surface area (Å²) in [6.45, 7) is 2.87. The summed E-state index contributed by atoms with van der Waals surface area (Å²) in [5.74, 6) is 1.55. The molecule has 3 N–H and O–H groups in total. The van der Waals surface area contributed by atoms with Gasteiger partial charge in [-0.05, 0) is 30.7 Å². The van der Waals surface area contributed by atoms with E-state index < -0.39 is 0 Å². The molecule has 6 heteroatoms. The highest BCUT2D eigenvalue weighted by atomic mass is 35.5. The summed E-state index contributed by atoms with van der Waals surface area (Å²) < 4.78 is 5.60. The summed E-state index contributed by atoms with van der Waals surface area (Å²) >= 11 is 5.82. The fraction of sp³-hybridized carbons (Fsp3) is 0.286. The number of hydrogen-bond donors (Lipinski definition) is 2. The molecule has 1 aromatic heterocycles. The minimum atomic E-state index is 0.138. The molecule has 0 fully saturated rings. The van der Waals surface area contributed by atoms with Crippen LogP contribution in [0.2, 0.25) is 5.15 Å². The Morgan fingerprint density at radius 3 is 2.65 bits per heavy atom. The number of anilines is 3. The topological polar surface area (TPSA) is 73.1 Å². The van der Waals surface area contributed by atoms with E-state index in [1.165, 1.54) is 0 Å². The second kappa shape index (κ2) is 6.96. The van der Waals surface area contributed by atoms with Gasteiger partial charge in [-0.2, -0.15) is 4.98 Å². The first-order chi connectivity index (χ1) is 9.67. The largest absolute Gasteiger partial charge is 0.494 e. The maximum absolute atomic E-state index is 5.82. The molecule has 0 spiro atoms. The lowest BCUT2D eigenvalue weighted by molar-refractivity contribution is 0.309. The fourth-order valence-electron chi connectivity index (χ4n) is 1.62. The van der Waals surface area contributed by atoms with Crippen molar-refractivity contribution in [1.29, 1.82) is 0 Å². The van der Waals surface area contributed by atoms with Crippen LogP contribution < -0.4 is 15.8 Å². The number of benzene rings is 1. The van der Waals surface area contributed by atoms with Crippen LogP contribution in [-0.4, -0.2) is 16.6 Å². The van der Waals surface area contributed by atoms with Crippen LogP contribution in [-0.2, 0) is 0 Å². The predicted octanol–water partition coefficient (Wildman–Crippen LogP) is 3.63. The average Bonchev–Trinajstić information content (AvgIpc) is 2.40. The number of unbranched alkanes of at least 4 members (excludes halogenated alkanes) is 1. The van der Waals surface area contributed by atoms with Crippen LogP contribution in [0.1, 0.15) is 19.8 Å². The number of nitrogens with zero attached hydrogens (tertiary/aromatic N) is 2. The molecular formula is C14H17ClN4O. The van der Waals surface area contributed by atoms with Gasteiger partial charge < -0.3 is 15.8 Å². The summed E-state index contributed by atoms with van der Waals surface area (Å²) in [6, 6.07) is 9.25. The monoisotopic (exact) mass is 292 g/mol. The highest BCUT2D eigenvalue weighted by molar-refractivity contribution is 6.29. The molecular weight excluding hydrogens is 276 g/mol. The van der Waals surface area contributed by atoms with Crippen LogP contribution in [0, 0.1) is 0 Å². The highest BCUT2D eigenvalue weighted by Crippen LogP contribution is 2.21. The molecule has 0 saturated heterocycles. The van der Waals surface area contributed by atoms with Crippen molar-refractivity contribution in [2.75, 3.05) is 17.7 Å². The SMILES string of the molecule is CCCCOc1ccc(Nc2cc(Cl)nc(N)n2)cc1. The van der Waals surface area contributed by atoms with Gasteiger partial charge in [-0.1, -0.05) is 24.9 Å². The van der Waals surface area contributed by atoms with Gasteiger partial charge in [0, 0.05) is 11.8 Å². The van der Waals surface area contributed by atoms with E-state index >= 15 is 0 Å². The number of halogens is 1. The Labute approximate surface area is 123 Å². The molecule has 1 heterocycles. The van der Waals surface area contributed by atoms with Crippen molar-refractivity contribution in [1.82, 2.24) is 9.97 Å². The van der Waals surface area contributed by atoms with Gasteiger partial charge in [-0.25, -0.2) is 4.98 Å². The van der Waals surface area contributed by atoms with Crippen LogP contribution in [0.15, 0.2) is 30.3 Å². The summed E-state index contributed by atoms with van der Waals surface area (Å²) in [5, 5.41) is 3.41. The van der Waals surface area contributed by atoms with Crippen molar-refractivity contribution in [2.24, 2.45) is 0 Å². The van der Waals surface area contributed by atoms with Crippen molar-refractivity contribution in [2.45, 2.75) is 19.8 Å². The molecule has 0 amide bonds. The van der Waals surface area contributed by atoms with E-state index in [9.17, 15) is 0 Å². The maximum atomic E-state index is 5.82. The summed E-state index contributed by atoms with van der Waals surface area (Å²) in [7, 11) is 0. The number of nitrogens with two attached hydrogens (primary N) is 1. The quantitative estimate of drug-likeness (QED) is 0.628. The second-order valence-electron chi connectivity index (χ2n) is 4.29. The van der Waals surface area contributed by atoms with Gasteiger partial charge in [-0.3, -0.25) is 0 Å². The van der Waals surface area contributed by atoms with Crippen molar-refractivity contribution >= 4 is 29.1 Å². The zero-order chi connectivity index (χ0) is 14.4. The van der Waals surface area contributed by atoms with E-state index in [2.05, 4.69) is 22.2 Å². The van der Waals surface area contributed by atoms with E-state index in [1.807, 2.05) is 24.3 Å². The number of ether oxygens (including phenoxy) is 1. The Morgan fingerprint density at radius 1 is 1.25 bits per heavy atom. The minimum Gasteiger partial charge on any atom is -0.494 e. The number of nitrogens with one attached hydrogen (secondary N) is 1. The molecule has 1 aromatic carbocycles. The average molecular weight is 293 g/mol. The Hall–Kier alpha value is -2.01. The molecule has 2 aromatic rings. The van der Waals surface area contributed by atoms with Crippen molar-refractivity contribution in [3.63, 3.8) is 0 Å². The lowest BCUT2D eigenvalue weighted by atomic mass is 10.3. The number of hydrogen-bond acceptors (Lipinski definition) is 5. The number of rotatable bonds is 6. The predicted molar refractivity (Wildman–Crippen MR) is 81.6 cm³/mol. The van der Waals surface area contributed by atoms with Gasteiger partial charge in [0.25, 0.3) is 0 Å². The molecule has 0 bridgehead atoms. The molecule has 0 aliphatic rings. The summed E-state index contributed by atoms with van der Waals surface area (Å²) in [6.07, 6.45) is 2.17. The third-order valence-electron chi connectivity index (χ3n) is 2.61. The van der Waals surface area contributed by atoms with Gasteiger partial charge in [0.15, 0.2) is 0 Å². The minimum absolute atomic E-state index is 0.138. The standard InChI is InChI=1S/C14H17ClN4O/c1-2-3-8-20-11-6-4-10(5-7-11)17-13-9-12(15)18-14(16)19-13/h4-7,9H,2-3,8H2,1H3,(H3,16,17,18,19). The highest BCUT2D eigenvalue weighted by Gasteiger charge is 2.01. The smallest absolute Gasteiger partial charge is 0.223 e.